The molecule has 2 aromatic heterocycles. The lowest BCUT2D eigenvalue weighted by atomic mass is 10.1. The molecule has 0 atom stereocenters. The van der Waals surface area contributed by atoms with E-state index >= 15 is 0 Å². The molecular weight excluding hydrogens is 374 g/mol. The predicted molar refractivity (Wildman–Crippen MR) is 109 cm³/mol. The number of nitrogens with zero attached hydrogens (tertiary/aromatic N) is 4. The molecule has 0 spiro atoms. The number of amides is 1. The third-order valence-corrected chi connectivity index (χ3v) is 5.61. The number of carbonyl (C=O) groups excluding carboxylic acids is 1. The van der Waals surface area contributed by atoms with Crippen molar-refractivity contribution in [2.24, 2.45) is 7.05 Å². The third-order valence-electron chi connectivity index (χ3n) is 4.44. The number of aromatic nitrogens is 3. The van der Waals surface area contributed by atoms with E-state index in [1.807, 2.05) is 13.8 Å². The number of nitriles is 1. The largest absolute Gasteiger partial charge is 0.321 e. The molecular formula is C20H19N5O2S. The molecule has 142 valence electrons. The van der Waals surface area contributed by atoms with Gasteiger partial charge in [-0.15, -0.1) is 11.3 Å². The van der Waals surface area contributed by atoms with E-state index in [4.69, 9.17) is 5.26 Å². The van der Waals surface area contributed by atoms with Crippen LogP contribution in [0.2, 0.25) is 0 Å². The summed E-state index contributed by atoms with van der Waals surface area (Å²) >= 11 is 1.19. The summed E-state index contributed by atoms with van der Waals surface area (Å²) < 4.78 is 1.29. The molecule has 1 aromatic carbocycles. The van der Waals surface area contributed by atoms with Crippen LogP contribution in [0, 0.1) is 32.1 Å². The van der Waals surface area contributed by atoms with E-state index in [1.165, 1.54) is 16.0 Å². The zero-order valence-corrected chi connectivity index (χ0v) is 16.8. The minimum Gasteiger partial charge on any atom is -0.321 e. The van der Waals surface area contributed by atoms with Crippen molar-refractivity contribution in [1.29, 1.82) is 5.26 Å². The molecule has 8 heteroatoms. The number of aryl methyl sites for hydroxylation is 3. The molecule has 7 nitrogen and oxygen atoms in total. The highest BCUT2D eigenvalue weighted by atomic mass is 32.1. The quantitative estimate of drug-likeness (QED) is 0.734. The second kappa shape index (κ2) is 7.74. The van der Waals surface area contributed by atoms with Gasteiger partial charge in [0, 0.05) is 12.7 Å². The Labute approximate surface area is 166 Å². The van der Waals surface area contributed by atoms with Gasteiger partial charge in [-0.2, -0.15) is 10.4 Å². The summed E-state index contributed by atoms with van der Waals surface area (Å²) in [6.45, 7) is 5.42. The van der Waals surface area contributed by atoms with E-state index in [9.17, 15) is 9.59 Å². The molecule has 0 aliphatic rings. The summed E-state index contributed by atoms with van der Waals surface area (Å²) in [7, 11) is 1.60. The maximum Gasteiger partial charge on any atom is 0.277 e. The Hall–Kier alpha value is -3.31. The van der Waals surface area contributed by atoms with Crippen molar-refractivity contribution in [2.45, 2.75) is 27.2 Å². The fourth-order valence-electron chi connectivity index (χ4n) is 2.80. The second-order valence-electron chi connectivity index (χ2n) is 6.43. The molecule has 3 aromatic rings. The maximum atomic E-state index is 12.7. The number of carbonyl (C=O) groups is 1. The first-order valence-electron chi connectivity index (χ1n) is 8.61. The van der Waals surface area contributed by atoms with E-state index in [1.54, 1.807) is 38.2 Å². The van der Waals surface area contributed by atoms with E-state index in [2.05, 4.69) is 21.5 Å². The zero-order chi connectivity index (χ0) is 20.4. The standard InChI is InChI=1S/C20H19N5O2S/c1-11-12(2)24-25(4)20(27)16(11)19-22-13(3)17(28-19)18(26)23-15-7-5-14(6-8-15)9-10-21/h5-8H,9H2,1-4H3,(H,23,26). The van der Waals surface area contributed by atoms with E-state index in [-0.39, 0.29) is 11.5 Å². The SMILES string of the molecule is Cc1nc(-c2c(C)c(C)nn(C)c2=O)sc1C(=O)Nc1ccc(CC#N)cc1. The number of anilines is 1. The highest BCUT2D eigenvalue weighted by Crippen LogP contribution is 2.29. The Morgan fingerprint density at radius 2 is 1.89 bits per heavy atom. The van der Waals surface area contributed by atoms with Gasteiger partial charge in [-0.25, -0.2) is 9.67 Å². The number of hydrogen-bond acceptors (Lipinski definition) is 6. The molecule has 1 amide bonds. The summed E-state index contributed by atoms with van der Waals surface area (Å²) in [5, 5.41) is 16.3. The monoisotopic (exact) mass is 393 g/mol. The summed E-state index contributed by atoms with van der Waals surface area (Å²) in [5.41, 5.74) is 3.82. The lowest BCUT2D eigenvalue weighted by molar-refractivity contribution is 0.103. The highest BCUT2D eigenvalue weighted by Gasteiger charge is 2.21. The molecule has 0 unspecified atom stereocenters. The summed E-state index contributed by atoms with van der Waals surface area (Å²) in [6.07, 6.45) is 0.325. The third kappa shape index (κ3) is 3.70. The Morgan fingerprint density at radius 3 is 2.54 bits per heavy atom. The fourth-order valence-corrected chi connectivity index (χ4v) is 3.85. The van der Waals surface area contributed by atoms with Crippen LogP contribution in [0.5, 0.6) is 0 Å². The van der Waals surface area contributed by atoms with Gasteiger partial charge in [-0.3, -0.25) is 9.59 Å². The summed E-state index contributed by atoms with van der Waals surface area (Å²) in [4.78, 5) is 30.2. The van der Waals surface area contributed by atoms with Gasteiger partial charge in [-0.1, -0.05) is 12.1 Å². The Balaban J connectivity index is 1.92. The topological polar surface area (TPSA) is 101 Å². The van der Waals surface area contributed by atoms with Crippen molar-refractivity contribution in [2.75, 3.05) is 5.32 Å². The average Bonchev–Trinajstić information content (AvgIpc) is 3.03. The lowest BCUT2D eigenvalue weighted by Crippen LogP contribution is -2.23. The molecule has 3 rings (SSSR count). The van der Waals surface area contributed by atoms with Crippen molar-refractivity contribution >= 4 is 22.9 Å². The summed E-state index contributed by atoms with van der Waals surface area (Å²) in [6, 6.07) is 9.21. The van der Waals surface area contributed by atoms with Gasteiger partial charge in [0.1, 0.15) is 9.88 Å². The van der Waals surface area contributed by atoms with E-state index in [0.717, 1.165) is 16.8 Å². The maximum absolute atomic E-state index is 12.7. The molecule has 0 aliphatic heterocycles. The predicted octanol–water partition coefficient (Wildman–Crippen LogP) is 3.15. The Bertz CT molecular complexity index is 1150. The van der Waals surface area contributed by atoms with Crippen molar-refractivity contribution in [1.82, 2.24) is 14.8 Å². The van der Waals surface area contributed by atoms with Crippen molar-refractivity contribution < 1.29 is 4.79 Å². The zero-order valence-electron chi connectivity index (χ0n) is 16.0. The van der Waals surface area contributed by atoms with Crippen LogP contribution in [0.25, 0.3) is 10.6 Å². The van der Waals surface area contributed by atoms with Crippen LogP contribution < -0.4 is 10.9 Å². The van der Waals surface area contributed by atoms with Gasteiger partial charge in [0.15, 0.2) is 0 Å². The van der Waals surface area contributed by atoms with Crippen molar-refractivity contribution in [3.05, 3.63) is 62.0 Å². The number of nitrogens with one attached hydrogen (secondary N) is 1. The molecule has 28 heavy (non-hydrogen) atoms. The van der Waals surface area contributed by atoms with Gasteiger partial charge in [0.05, 0.1) is 29.4 Å². The molecule has 0 saturated carbocycles. The fraction of sp³-hybridized carbons (Fsp3) is 0.250. The normalized spacial score (nSPS) is 10.5. The van der Waals surface area contributed by atoms with Crippen molar-refractivity contribution in [3.8, 4) is 16.6 Å². The van der Waals surface area contributed by atoms with Crippen LogP contribution in [0.1, 0.15) is 32.2 Å². The molecule has 0 radical (unpaired) electrons. The van der Waals surface area contributed by atoms with Crippen LogP contribution in [0.15, 0.2) is 29.1 Å². The van der Waals surface area contributed by atoms with Crippen LogP contribution in [0.3, 0.4) is 0 Å². The molecule has 0 aliphatic carbocycles. The van der Waals surface area contributed by atoms with E-state index < -0.39 is 0 Å². The minimum absolute atomic E-state index is 0.239. The molecule has 0 fully saturated rings. The van der Waals surface area contributed by atoms with Gasteiger partial charge >= 0.3 is 0 Å². The number of benzene rings is 1. The number of hydrogen-bond donors (Lipinski definition) is 1. The van der Waals surface area contributed by atoms with Gasteiger partial charge in [0.2, 0.25) is 0 Å². The molecule has 2 heterocycles. The van der Waals surface area contributed by atoms with Gasteiger partial charge < -0.3 is 5.32 Å². The Kier molecular flexibility index (Phi) is 5.38. The van der Waals surface area contributed by atoms with E-state index in [0.29, 0.717) is 33.3 Å². The van der Waals surface area contributed by atoms with Crippen LogP contribution in [-0.2, 0) is 13.5 Å². The average molecular weight is 393 g/mol. The molecule has 1 N–H and O–H groups in total. The van der Waals surface area contributed by atoms with Crippen LogP contribution in [-0.4, -0.2) is 20.7 Å². The van der Waals surface area contributed by atoms with Crippen molar-refractivity contribution in [3.63, 3.8) is 0 Å². The van der Waals surface area contributed by atoms with Gasteiger partial charge in [-0.05, 0) is 44.0 Å². The molecule has 0 bridgehead atoms. The first-order valence-corrected chi connectivity index (χ1v) is 9.43. The first kappa shape index (κ1) is 19.5. The first-order chi connectivity index (χ1) is 13.3. The minimum atomic E-state index is -0.283. The van der Waals surface area contributed by atoms with Crippen LogP contribution in [0.4, 0.5) is 5.69 Å². The Morgan fingerprint density at radius 1 is 1.21 bits per heavy atom. The van der Waals surface area contributed by atoms with Crippen LogP contribution >= 0.6 is 11.3 Å². The lowest BCUT2D eigenvalue weighted by Gasteiger charge is -2.07. The second-order valence-corrected chi connectivity index (χ2v) is 7.43. The smallest absolute Gasteiger partial charge is 0.277 e. The number of rotatable bonds is 4. The highest BCUT2D eigenvalue weighted by molar-refractivity contribution is 7.17. The molecule has 0 saturated heterocycles. The summed E-state index contributed by atoms with van der Waals surface area (Å²) in [5.74, 6) is -0.283. The number of thiazole rings is 1. The van der Waals surface area contributed by atoms with Gasteiger partial charge in [0.25, 0.3) is 11.5 Å².